The summed E-state index contributed by atoms with van der Waals surface area (Å²) in [4.78, 5) is 20.0. The Morgan fingerprint density at radius 3 is 1.47 bits per heavy atom. The lowest BCUT2D eigenvalue weighted by molar-refractivity contribution is -0.107. The molecule has 0 saturated carbocycles. The molecule has 0 rings (SSSR count). The Morgan fingerprint density at radius 1 is 0.647 bits per heavy atom. The van der Waals surface area contributed by atoms with E-state index in [1.165, 1.54) is 51.4 Å². The molecule has 0 aliphatic carbocycles. The van der Waals surface area contributed by atoms with Gasteiger partial charge in [-0.25, -0.2) is 4.79 Å². The summed E-state index contributed by atoms with van der Waals surface area (Å²) in [6.45, 7) is 0. The van der Waals surface area contributed by atoms with Crippen LogP contribution in [0.25, 0.3) is 0 Å². The largest absolute Gasteiger partial charge is 0.303 e. The van der Waals surface area contributed by atoms with Gasteiger partial charge < -0.3 is 4.79 Å². The molecule has 2 heteroatoms. The van der Waals surface area contributed by atoms with Gasteiger partial charge in [0.25, 0.3) is 0 Å². The predicted octanol–water partition coefficient (Wildman–Crippen LogP) is 4.25. The molecule has 0 amide bonds. The van der Waals surface area contributed by atoms with Gasteiger partial charge in [0.05, 0.1) is 0 Å². The summed E-state index contributed by atoms with van der Waals surface area (Å²) in [5.41, 5.74) is 0. The number of aldehydes is 1. The van der Waals surface area contributed by atoms with E-state index < -0.39 is 0 Å². The minimum atomic E-state index is 0.731. The molecule has 0 aliphatic heterocycles. The topological polar surface area (TPSA) is 34.1 Å². The van der Waals surface area contributed by atoms with E-state index in [0.29, 0.717) is 0 Å². The van der Waals surface area contributed by atoms with Crippen molar-refractivity contribution in [1.82, 2.24) is 0 Å². The second-order valence-electron chi connectivity index (χ2n) is 4.60. The number of carbonyl (C=O) groups is 1. The molecule has 0 bridgehead atoms. The van der Waals surface area contributed by atoms with Crippen LogP contribution in [0, 0.1) is 0 Å². The fourth-order valence-electron chi connectivity index (χ4n) is 1.95. The number of rotatable bonds is 13. The summed E-state index contributed by atoms with van der Waals surface area (Å²) in [6, 6.07) is 0. The highest BCUT2D eigenvalue weighted by Crippen LogP contribution is 2.11. The van der Waals surface area contributed by atoms with E-state index in [1.807, 2.05) is 5.94 Å². The van der Waals surface area contributed by atoms with Crippen LogP contribution in [0.1, 0.15) is 77.0 Å². The maximum Gasteiger partial charge on any atom is 0.120 e. The standard InChI is InChI=1S/C15H26O2/c16-14-12-10-8-6-4-2-1-3-5-7-9-11-13-15-17/h12,15H,1-11,13H2. The Balaban J connectivity index is 2.93. The lowest BCUT2D eigenvalue weighted by atomic mass is 10.1. The molecule has 0 spiro atoms. The van der Waals surface area contributed by atoms with Crippen molar-refractivity contribution in [2.45, 2.75) is 77.0 Å². The minimum Gasteiger partial charge on any atom is -0.303 e. The lowest BCUT2D eigenvalue weighted by Crippen LogP contribution is -1.82. The molecular weight excluding hydrogens is 212 g/mol. The van der Waals surface area contributed by atoms with Crippen molar-refractivity contribution in [1.29, 1.82) is 0 Å². The summed E-state index contributed by atoms with van der Waals surface area (Å²) in [5, 5.41) is 0. The van der Waals surface area contributed by atoms with Crippen LogP contribution in [0.4, 0.5) is 0 Å². The number of hydrogen-bond acceptors (Lipinski definition) is 2. The molecule has 98 valence electrons. The first kappa shape index (κ1) is 16.1. The molecule has 0 heterocycles. The van der Waals surface area contributed by atoms with Gasteiger partial charge in [-0.05, 0) is 25.3 Å². The Kier molecular flexibility index (Phi) is 14.3. The zero-order chi connectivity index (χ0) is 12.6. The van der Waals surface area contributed by atoms with Crippen LogP contribution in [0.15, 0.2) is 6.08 Å². The van der Waals surface area contributed by atoms with E-state index in [0.717, 1.165) is 32.0 Å². The maximum absolute atomic E-state index is 10.1. The predicted molar refractivity (Wildman–Crippen MR) is 71.7 cm³/mol. The van der Waals surface area contributed by atoms with Gasteiger partial charge in [-0.15, -0.1) is 0 Å². The maximum atomic E-state index is 10.1. The molecule has 0 fully saturated rings. The molecule has 0 radical (unpaired) electrons. The third kappa shape index (κ3) is 15.1. The number of hydrogen-bond donors (Lipinski definition) is 0. The van der Waals surface area contributed by atoms with E-state index in [4.69, 9.17) is 0 Å². The average molecular weight is 238 g/mol. The second-order valence-corrected chi connectivity index (χ2v) is 4.60. The normalized spacial score (nSPS) is 9.88. The van der Waals surface area contributed by atoms with Gasteiger partial charge in [-0.1, -0.05) is 51.4 Å². The third-order valence-electron chi connectivity index (χ3n) is 3.00. The van der Waals surface area contributed by atoms with Gasteiger partial charge in [0.15, 0.2) is 0 Å². The minimum absolute atomic E-state index is 0.731. The van der Waals surface area contributed by atoms with Crippen LogP contribution in [0.3, 0.4) is 0 Å². The highest BCUT2D eigenvalue weighted by atomic mass is 16.1. The fourth-order valence-corrected chi connectivity index (χ4v) is 1.95. The molecule has 17 heavy (non-hydrogen) atoms. The molecule has 2 nitrogen and oxygen atoms in total. The summed E-state index contributed by atoms with van der Waals surface area (Å²) >= 11 is 0. The highest BCUT2D eigenvalue weighted by molar-refractivity contribution is 5.48. The second kappa shape index (κ2) is 15.1. The Bertz CT molecular complexity index is 205. The molecule has 0 saturated heterocycles. The van der Waals surface area contributed by atoms with Crippen molar-refractivity contribution in [2.75, 3.05) is 0 Å². The quantitative estimate of drug-likeness (QED) is 0.273. The molecule has 0 aromatic rings. The van der Waals surface area contributed by atoms with Gasteiger partial charge in [0.2, 0.25) is 0 Å². The monoisotopic (exact) mass is 238 g/mol. The van der Waals surface area contributed by atoms with Gasteiger partial charge >= 0.3 is 0 Å². The van der Waals surface area contributed by atoms with Crippen LogP contribution in [0.2, 0.25) is 0 Å². The highest BCUT2D eigenvalue weighted by Gasteiger charge is 1.92. The van der Waals surface area contributed by atoms with Crippen LogP contribution < -0.4 is 0 Å². The third-order valence-corrected chi connectivity index (χ3v) is 3.00. The number of carbonyl (C=O) groups excluding carboxylic acids is 2. The van der Waals surface area contributed by atoms with Gasteiger partial charge in [-0.2, -0.15) is 0 Å². The van der Waals surface area contributed by atoms with Crippen molar-refractivity contribution < 1.29 is 9.59 Å². The Hall–Kier alpha value is -0.880. The van der Waals surface area contributed by atoms with E-state index >= 15 is 0 Å². The van der Waals surface area contributed by atoms with Crippen molar-refractivity contribution in [3.05, 3.63) is 6.08 Å². The molecular formula is C15H26O2. The van der Waals surface area contributed by atoms with Crippen molar-refractivity contribution >= 4 is 12.2 Å². The molecule has 0 unspecified atom stereocenters. The summed E-state index contributed by atoms with van der Waals surface area (Å²) in [5.74, 6) is 1.81. The fraction of sp³-hybridized carbons (Fsp3) is 0.800. The van der Waals surface area contributed by atoms with E-state index in [-0.39, 0.29) is 0 Å². The van der Waals surface area contributed by atoms with Crippen LogP contribution in [-0.4, -0.2) is 12.2 Å². The first-order valence-corrected chi connectivity index (χ1v) is 7.04. The van der Waals surface area contributed by atoms with Gasteiger partial charge in [0, 0.05) is 6.42 Å². The van der Waals surface area contributed by atoms with Crippen molar-refractivity contribution in [3.8, 4) is 0 Å². The summed E-state index contributed by atoms with van der Waals surface area (Å²) < 4.78 is 0. The van der Waals surface area contributed by atoms with Crippen LogP contribution in [0.5, 0.6) is 0 Å². The zero-order valence-electron chi connectivity index (χ0n) is 11.0. The first-order valence-electron chi connectivity index (χ1n) is 7.04. The van der Waals surface area contributed by atoms with Gasteiger partial charge in [0.1, 0.15) is 12.2 Å². The molecule has 0 N–H and O–H groups in total. The number of unbranched alkanes of at least 4 members (excludes halogenated alkanes) is 11. The van der Waals surface area contributed by atoms with E-state index in [9.17, 15) is 9.59 Å². The summed E-state index contributed by atoms with van der Waals surface area (Å²) in [6.07, 6.45) is 16.7. The van der Waals surface area contributed by atoms with E-state index in [2.05, 4.69) is 0 Å². The van der Waals surface area contributed by atoms with Crippen LogP contribution >= 0.6 is 0 Å². The molecule has 0 aromatic heterocycles. The van der Waals surface area contributed by atoms with Crippen molar-refractivity contribution in [3.63, 3.8) is 0 Å². The zero-order valence-corrected chi connectivity index (χ0v) is 11.0. The molecule has 0 aromatic carbocycles. The average Bonchev–Trinajstić information content (AvgIpc) is 2.35. The molecule has 0 aliphatic rings. The van der Waals surface area contributed by atoms with E-state index in [1.54, 1.807) is 6.08 Å². The van der Waals surface area contributed by atoms with Gasteiger partial charge in [-0.3, -0.25) is 0 Å². The summed E-state index contributed by atoms with van der Waals surface area (Å²) in [7, 11) is 0. The Labute approximate surface area is 105 Å². The number of allylic oxidation sites excluding steroid dienone is 1. The lowest BCUT2D eigenvalue weighted by Gasteiger charge is -2.01. The molecule has 0 atom stereocenters. The smallest absolute Gasteiger partial charge is 0.120 e. The SMILES string of the molecule is O=C=CCCCCCCCCCCCCC=O. The van der Waals surface area contributed by atoms with Crippen LogP contribution in [-0.2, 0) is 9.59 Å². The first-order chi connectivity index (χ1) is 8.41. The Morgan fingerprint density at radius 2 is 1.06 bits per heavy atom. The van der Waals surface area contributed by atoms with Crippen molar-refractivity contribution in [2.24, 2.45) is 0 Å².